The van der Waals surface area contributed by atoms with Crippen LogP contribution in [0.5, 0.6) is 0 Å². The van der Waals surface area contributed by atoms with Gasteiger partial charge in [-0.2, -0.15) is 4.98 Å². The fourth-order valence-corrected chi connectivity index (χ4v) is 4.09. The van der Waals surface area contributed by atoms with Crippen LogP contribution in [0.2, 0.25) is 0 Å². The fourth-order valence-electron chi connectivity index (χ4n) is 4.09. The Balaban J connectivity index is 1.30. The van der Waals surface area contributed by atoms with E-state index in [0.29, 0.717) is 31.2 Å². The molecule has 0 radical (unpaired) electrons. The molecule has 29 heavy (non-hydrogen) atoms. The maximum atomic E-state index is 13.0. The predicted octanol–water partition coefficient (Wildman–Crippen LogP) is 2.92. The first-order valence-electron chi connectivity index (χ1n) is 10.2. The molecule has 7 nitrogen and oxygen atoms in total. The van der Waals surface area contributed by atoms with Gasteiger partial charge in [0.05, 0.1) is 6.54 Å². The van der Waals surface area contributed by atoms with Gasteiger partial charge in [-0.1, -0.05) is 36.6 Å². The highest BCUT2D eigenvalue weighted by molar-refractivity contribution is 5.79. The predicted molar refractivity (Wildman–Crippen MR) is 102 cm³/mol. The van der Waals surface area contributed by atoms with Crippen molar-refractivity contribution in [2.75, 3.05) is 6.54 Å². The normalized spacial score (nSPS) is 20.2. The van der Waals surface area contributed by atoms with Crippen molar-refractivity contribution < 1.29 is 18.5 Å². The van der Waals surface area contributed by atoms with E-state index in [1.54, 1.807) is 17.0 Å². The number of rotatable bonds is 6. The average molecular weight is 400 g/mol. The van der Waals surface area contributed by atoms with Crippen LogP contribution in [0, 0.1) is 11.7 Å². The zero-order valence-electron chi connectivity index (χ0n) is 16.3. The van der Waals surface area contributed by atoms with Crippen molar-refractivity contribution in [3.8, 4) is 0 Å². The fraction of sp³-hybridized carbons (Fsp3) is 0.524. The molecule has 2 aliphatic rings. The molecule has 2 aromatic rings. The van der Waals surface area contributed by atoms with Gasteiger partial charge in [-0.15, -0.1) is 0 Å². The van der Waals surface area contributed by atoms with E-state index < -0.39 is 0 Å². The average Bonchev–Trinajstić information content (AvgIpc) is 3.35. The minimum absolute atomic E-state index is 0.0104. The smallest absolute Gasteiger partial charge is 0.246 e. The SMILES string of the molecule is O=C(NCc1nc(C2CC(=O)N(Cc3ccc(F)cc3)C2)no1)C1CCCCC1. The third-order valence-corrected chi connectivity index (χ3v) is 5.74. The maximum absolute atomic E-state index is 13.0. The molecule has 1 aromatic heterocycles. The molecule has 1 unspecified atom stereocenters. The van der Waals surface area contributed by atoms with E-state index >= 15 is 0 Å². The zero-order chi connectivity index (χ0) is 20.2. The molecule has 8 heteroatoms. The summed E-state index contributed by atoms with van der Waals surface area (Å²) < 4.78 is 18.3. The molecule has 1 aliphatic carbocycles. The number of carbonyl (C=O) groups is 2. The Labute approximate surface area is 168 Å². The topological polar surface area (TPSA) is 88.3 Å². The summed E-state index contributed by atoms with van der Waals surface area (Å²) in [6.45, 7) is 1.13. The second kappa shape index (κ2) is 8.71. The number of nitrogens with one attached hydrogen (secondary N) is 1. The summed E-state index contributed by atoms with van der Waals surface area (Å²) in [5, 5.41) is 6.89. The number of nitrogens with zero attached hydrogens (tertiary/aromatic N) is 3. The number of hydrogen-bond acceptors (Lipinski definition) is 5. The quantitative estimate of drug-likeness (QED) is 0.805. The molecule has 2 amide bonds. The first-order valence-corrected chi connectivity index (χ1v) is 10.2. The maximum Gasteiger partial charge on any atom is 0.246 e. The number of hydrogen-bond donors (Lipinski definition) is 1. The molecule has 1 saturated carbocycles. The Morgan fingerprint density at radius 2 is 1.97 bits per heavy atom. The van der Waals surface area contributed by atoms with Gasteiger partial charge in [-0.3, -0.25) is 9.59 Å². The minimum Gasteiger partial charge on any atom is -0.347 e. The van der Waals surface area contributed by atoms with Crippen LogP contribution >= 0.6 is 0 Å². The summed E-state index contributed by atoms with van der Waals surface area (Å²) in [7, 11) is 0. The number of benzene rings is 1. The van der Waals surface area contributed by atoms with Gasteiger partial charge < -0.3 is 14.7 Å². The number of aromatic nitrogens is 2. The summed E-state index contributed by atoms with van der Waals surface area (Å²) in [5.41, 5.74) is 0.875. The third kappa shape index (κ3) is 4.81. The lowest BCUT2D eigenvalue weighted by molar-refractivity contribution is -0.128. The molecule has 0 bridgehead atoms. The first kappa shape index (κ1) is 19.5. The van der Waals surface area contributed by atoms with Gasteiger partial charge >= 0.3 is 0 Å². The molecule has 2 fully saturated rings. The molecule has 0 spiro atoms. The van der Waals surface area contributed by atoms with E-state index in [1.165, 1.54) is 18.6 Å². The van der Waals surface area contributed by atoms with Crippen LogP contribution in [0.1, 0.15) is 61.7 Å². The van der Waals surface area contributed by atoms with Crippen LogP contribution in [0.3, 0.4) is 0 Å². The molecule has 1 saturated heterocycles. The monoisotopic (exact) mass is 400 g/mol. The standard InChI is InChI=1S/C21H25FN4O3/c22-17-8-6-14(7-9-17)12-26-13-16(10-19(26)27)20-24-18(29-25-20)11-23-21(28)15-4-2-1-3-5-15/h6-9,15-16H,1-5,10-13H2,(H,23,28). The van der Waals surface area contributed by atoms with Crippen LogP contribution in [0.25, 0.3) is 0 Å². The minimum atomic E-state index is -0.297. The van der Waals surface area contributed by atoms with E-state index in [2.05, 4.69) is 15.5 Å². The number of carbonyl (C=O) groups excluding carboxylic acids is 2. The molecule has 1 aromatic carbocycles. The van der Waals surface area contributed by atoms with Crippen molar-refractivity contribution in [3.63, 3.8) is 0 Å². The molecule has 154 valence electrons. The Hall–Kier alpha value is -2.77. The van der Waals surface area contributed by atoms with Gasteiger partial charge in [0.15, 0.2) is 5.82 Å². The van der Waals surface area contributed by atoms with Gasteiger partial charge in [0.1, 0.15) is 5.82 Å². The molecular weight excluding hydrogens is 375 g/mol. The van der Waals surface area contributed by atoms with Crippen molar-refractivity contribution in [2.24, 2.45) is 5.92 Å². The van der Waals surface area contributed by atoms with E-state index in [1.807, 2.05) is 0 Å². The lowest BCUT2D eigenvalue weighted by Gasteiger charge is -2.20. The Bertz CT molecular complexity index is 861. The first-order chi connectivity index (χ1) is 14.1. The summed E-state index contributed by atoms with van der Waals surface area (Å²) in [4.78, 5) is 30.7. The number of amides is 2. The van der Waals surface area contributed by atoms with Gasteiger partial charge in [0.25, 0.3) is 0 Å². The molecule has 1 atom stereocenters. The Morgan fingerprint density at radius 1 is 1.21 bits per heavy atom. The van der Waals surface area contributed by atoms with E-state index in [4.69, 9.17) is 4.52 Å². The molecule has 4 rings (SSSR count). The van der Waals surface area contributed by atoms with Gasteiger partial charge in [0.2, 0.25) is 17.7 Å². The van der Waals surface area contributed by atoms with Crippen molar-refractivity contribution in [2.45, 2.75) is 57.5 Å². The van der Waals surface area contributed by atoms with Crippen LogP contribution in [-0.2, 0) is 22.7 Å². The lowest BCUT2D eigenvalue weighted by Crippen LogP contribution is -2.31. The van der Waals surface area contributed by atoms with Gasteiger partial charge in [-0.05, 0) is 30.5 Å². The van der Waals surface area contributed by atoms with Crippen LogP contribution in [-0.4, -0.2) is 33.4 Å². The van der Waals surface area contributed by atoms with Crippen molar-refractivity contribution in [3.05, 3.63) is 47.4 Å². The zero-order valence-corrected chi connectivity index (χ0v) is 16.3. The highest BCUT2D eigenvalue weighted by Gasteiger charge is 2.33. The largest absolute Gasteiger partial charge is 0.347 e. The van der Waals surface area contributed by atoms with E-state index in [9.17, 15) is 14.0 Å². The lowest BCUT2D eigenvalue weighted by atomic mass is 9.89. The van der Waals surface area contributed by atoms with Crippen molar-refractivity contribution in [1.29, 1.82) is 0 Å². The molecular formula is C21H25FN4O3. The molecule has 2 heterocycles. The van der Waals surface area contributed by atoms with E-state index in [-0.39, 0.29) is 36.0 Å². The second-order valence-electron chi connectivity index (χ2n) is 7.90. The summed E-state index contributed by atoms with van der Waals surface area (Å²) in [5.74, 6) is 0.542. The second-order valence-corrected chi connectivity index (χ2v) is 7.90. The van der Waals surface area contributed by atoms with E-state index in [0.717, 1.165) is 31.2 Å². The van der Waals surface area contributed by atoms with Gasteiger partial charge in [0, 0.05) is 31.3 Å². The third-order valence-electron chi connectivity index (χ3n) is 5.74. The number of likely N-dealkylation sites (tertiary alicyclic amines) is 1. The highest BCUT2D eigenvalue weighted by atomic mass is 19.1. The van der Waals surface area contributed by atoms with Crippen LogP contribution < -0.4 is 5.32 Å². The Morgan fingerprint density at radius 3 is 2.72 bits per heavy atom. The number of halogens is 1. The molecule has 1 aliphatic heterocycles. The summed E-state index contributed by atoms with van der Waals surface area (Å²) >= 11 is 0. The van der Waals surface area contributed by atoms with Crippen molar-refractivity contribution in [1.82, 2.24) is 20.4 Å². The van der Waals surface area contributed by atoms with Crippen LogP contribution in [0.4, 0.5) is 4.39 Å². The summed E-state index contributed by atoms with van der Waals surface area (Å²) in [6.07, 6.45) is 5.60. The van der Waals surface area contributed by atoms with Crippen LogP contribution in [0.15, 0.2) is 28.8 Å². The highest BCUT2D eigenvalue weighted by Crippen LogP contribution is 2.28. The van der Waals surface area contributed by atoms with Gasteiger partial charge in [-0.25, -0.2) is 4.39 Å². The van der Waals surface area contributed by atoms with Crippen molar-refractivity contribution >= 4 is 11.8 Å². The molecule has 1 N–H and O–H groups in total. The Kier molecular flexibility index (Phi) is 5.87. The summed E-state index contributed by atoms with van der Waals surface area (Å²) in [6, 6.07) is 6.13.